The van der Waals surface area contributed by atoms with Gasteiger partial charge in [-0.05, 0) is 46.0 Å². The van der Waals surface area contributed by atoms with Crippen LogP contribution in [0.15, 0.2) is 11.9 Å². The van der Waals surface area contributed by atoms with Gasteiger partial charge in [-0.15, -0.1) is 0 Å². The van der Waals surface area contributed by atoms with Crippen LogP contribution in [0.4, 0.5) is 4.79 Å². The van der Waals surface area contributed by atoms with E-state index in [1.807, 2.05) is 0 Å². The summed E-state index contributed by atoms with van der Waals surface area (Å²) in [6, 6.07) is -2.91. The lowest BCUT2D eigenvalue weighted by molar-refractivity contribution is -0.139. The SMILES string of the molecule is CC1CCCCC1.CCNC(=O)NCCCCC(NC(=O)C1CC(N(N)/C(=C\N)C(C)(C)O)CN1C(=O)CN)C(O)C(N)=O. The van der Waals surface area contributed by atoms with Crippen molar-refractivity contribution in [3.63, 3.8) is 0 Å². The first kappa shape index (κ1) is 38.9. The van der Waals surface area contributed by atoms with Gasteiger partial charge < -0.3 is 53.3 Å². The number of nitrogens with zero attached hydrogens (tertiary/aromatic N) is 2. The fraction of sp³-hybridized carbons (Fsp3) is 0.793. The van der Waals surface area contributed by atoms with Crippen molar-refractivity contribution < 1.29 is 29.4 Å². The molecule has 1 aliphatic heterocycles. The third-order valence-corrected chi connectivity index (χ3v) is 7.99. The first-order chi connectivity index (χ1) is 20.7. The van der Waals surface area contributed by atoms with Crippen LogP contribution in [-0.4, -0.2) is 99.9 Å². The fourth-order valence-corrected chi connectivity index (χ4v) is 5.47. The molecule has 0 aromatic carbocycles. The smallest absolute Gasteiger partial charge is 0.314 e. The van der Waals surface area contributed by atoms with Gasteiger partial charge in [0.15, 0.2) is 6.10 Å². The Morgan fingerprint density at radius 3 is 2.23 bits per heavy atom. The quantitative estimate of drug-likeness (QED) is 0.0649. The lowest BCUT2D eigenvalue weighted by Gasteiger charge is -2.34. The molecule has 2 aliphatic rings. The molecule has 0 bridgehead atoms. The van der Waals surface area contributed by atoms with Crippen LogP contribution in [0.1, 0.15) is 85.5 Å². The Morgan fingerprint density at radius 2 is 1.75 bits per heavy atom. The number of carbonyl (C=O) groups is 4. The van der Waals surface area contributed by atoms with Crippen LogP contribution in [-0.2, 0) is 14.4 Å². The Kier molecular flexibility index (Phi) is 17.0. The predicted octanol–water partition coefficient (Wildman–Crippen LogP) is -0.932. The molecule has 15 nitrogen and oxygen atoms in total. The number of urea groups is 1. The molecule has 2 fully saturated rings. The van der Waals surface area contributed by atoms with Crippen molar-refractivity contribution in [2.24, 2.45) is 29.0 Å². The Labute approximate surface area is 261 Å². The maximum atomic E-state index is 13.2. The number of carbonyl (C=O) groups excluding carboxylic acids is 4. The normalized spacial score (nSPS) is 20.5. The van der Waals surface area contributed by atoms with Gasteiger partial charge in [-0.1, -0.05) is 39.0 Å². The van der Waals surface area contributed by atoms with Gasteiger partial charge in [-0.2, -0.15) is 0 Å². The number of hydrogen-bond acceptors (Lipinski definition) is 10. The molecule has 1 saturated carbocycles. The molecule has 4 atom stereocenters. The summed E-state index contributed by atoms with van der Waals surface area (Å²) < 4.78 is 0. The van der Waals surface area contributed by atoms with Crippen molar-refractivity contribution >= 4 is 23.8 Å². The summed E-state index contributed by atoms with van der Waals surface area (Å²) in [7, 11) is 0. The molecular formula is C29H57N9O6. The van der Waals surface area contributed by atoms with Crippen LogP contribution in [0.3, 0.4) is 0 Å². The number of amides is 5. The topological polar surface area (TPSA) is 255 Å². The minimum Gasteiger partial charge on any atom is -0.403 e. The standard InChI is InChI=1S/C22H43N9O6.C7H14/c1-4-27-21(36)28-8-6-5-7-14(18(33)19(25)34)29-20(35)15-9-13(12-30(15)17(32)11-24)31(26)16(10-23)22(2,3)37;1-7-5-3-2-4-6-7/h10,13-15,18,33,37H,4-9,11-12,23-24,26H2,1-3H3,(H2,25,34)(H,29,35)(H2,27,28,36);7H,2-6H2,1H3/b16-10-;. The molecule has 0 aromatic rings. The Balaban J connectivity index is 0.00000120. The molecule has 254 valence electrons. The van der Waals surface area contributed by atoms with Crippen molar-refractivity contribution in [2.75, 3.05) is 26.2 Å². The Morgan fingerprint density at radius 1 is 1.11 bits per heavy atom. The Bertz CT molecular complexity index is 952. The number of hydrogen-bond donors (Lipinski definition) is 9. The second-order valence-corrected chi connectivity index (χ2v) is 12.2. The summed E-state index contributed by atoms with van der Waals surface area (Å²) in [5, 5.41) is 29.8. The van der Waals surface area contributed by atoms with Crippen molar-refractivity contribution in [3.05, 3.63) is 11.9 Å². The fourth-order valence-electron chi connectivity index (χ4n) is 5.47. The molecule has 13 N–H and O–H groups in total. The van der Waals surface area contributed by atoms with Gasteiger partial charge in [0.05, 0.1) is 24.3 Å². The van der Waals surface area contributed by atoms with E-state index in [9.17, 15) is 29.4 Å². The van der Waals surface area contributed by atoms with Crippen LogP contribution in [0.2, 0.25) is 0 Å². The van der Waals surface area contributed by atoms with Gasteiger partial charge in [0.1, 0.15) is 11.6 Å². The number of primary amides is 1. The molecule has 4 unspecified atom stereocenters. The number of unbranched alkanes of at least 4 members (excludes halogenated alkanes) is 1. The van der Waals surface area contributed by atoms with Crippen molar-refractivity contribution in [1.82, 2.24) is 25.9 Å². The van der Waals surface area contributed by atoms with Gasteiger partial charge in [0.25, 0.3) is 0 Å². The van der Waals surface area contributed by atoms with E-state index in [1.54, 1.807) is 6.92 Å². The summed E-state index contributed by atoms with van der Waals surface area (Å²) in [6.07, 6.45) is 8.17. The van der Waals surface area contributed by atoms with E-state index in [0.717, 1.165) is 12.1 Å². The molecule has 0 aromatic heterocycles. The minimum atomic E-state index is -1.66. The van der Waals surface area contributed by atoms with E-state index in [0.29, 0.717) is 25.9 Å². The van der Waals surface area contributed by atoms with Gasteiger partial charge in [-0.25, -0.2) is 10.6 Å². The first-order valence-corrected chi connectivity index (χ1v) is 15.6. The van der Waals surface area contributed by atoms with E-state index in [2.05, 4.69) is 22.9 Å². The van der Waals surface area contributed by atoms with Gasteiger partial charge in [0.2, 0.25) is 17.7 Å². The van der Waals surface area contributed by atoms with Crippen LogP contribution < -0.4 is 39.0 Å². The van der Waals surface area contributed by atoms with Gasteiger partial charge in [-0.3, -0.25) is 14.4 Å². The molecule has 1 aliphatic carbocycles. The van der Waals surface area contributed by atoms with E-state index < -0.39 is 47.6 Å². The molecule has 0 radical (unpaired) electrons. The summed E-state index contributed by atoms with van der Waals surface area (Å²) in [5.74, 6) is 5.10. The zero-order valence-electron chi connectivity index (χ0n) is 26.9. The van der Waals surface area contributed by atoms with Gasteiger partial charge in [0, 0.05) is 32.3 Å². The summed E-state index contributed by atoms with van der Waals surface area (Å²) >= 11 is 0. The second kappa shape index (κ2) is 19.3. The average molecular weight is 628 g/mol. The predicted molar refractivity (Wildman–Crippen MR) is 168 cm³/mol. The maximum Gasteiger partial charge on any atom is 0.314 e. The first-order valence-electron chi connectivity index (χ1n) is 15.6. The van der Waals surface area contributed by atoms with E-state index >= 15 is 0 Å². The number of nitrogens with two attached hydrogens (primary N) is 4. The lowest BCUT2D eigenvalue weighted by Crippen LogP contribution is -2.55. The summed E-state index contributed by atoms with van der Waals surface area (Å²) in [5.41, 5.74) is 15.3. The Hall–Kier alpha value is -3.14. The number of hydrazine groups is 1. The highest BCUT2D eigenvalue weighted by atomic mass is 16.3. The largest absolute Gasteiger partial charge is 0.403 e. The van der Waals surface area contributed by atoms with Gasteiger partial charge >= 0.3 is 6.03 Å². The van der Waals surface area contributed by atoms with Crippen molar-refractivity contribution in [1.29, 1.82) is 0 Å². The number of rotatable bonds is 14. The van der Waals surface area contributed by atoms with Crippen LogP contribution in [0.5, 0.6) is 0 Å². The third-order valence-electron chi connectivity index (χ3n) is 7.99. The average Bonchev–Trinajstić information content (AvgIpc) is 3.42. The van der Waals surface area contributed by atoms with Crippen molar-refractivity contribution in [2.45, 2.75) is 115 Å². The lowest BCUT2D eigenvalue weighted by atomic mass is 9.91. The number of nitrogens with one attached hydrogen (secondary N) is 3. The van der Waals surface area contributed by atoms with Crippen LogP contribution in [0, 0.1) is 5.92 Å². The number of aliphatic hydroxyl groups excluding tert-OH is 1. The van der Waals surface area contributed by atoms with E-state index in [1.165, 1.54) is 55.9 Å². The molecule has 5 amide bonds. The molecule has 44 heavy (non-hydrogen) atoms. The monoisotopic (exact) mass is 627 g/mol. The number of aliphatic hydroxyl groups is 2. The molecule has 15 heteroatoms. The molecular weight excluding hydrogens is 570 g/mol. The zero-order valence-corrected chi connectivity index (χ0v) is 26.9. The molecule has 1 heterocycles. The third kappa shape index (κ3) is 12.8. The maximum absolute atomic E-state index is 13.2. The minimum absolute atomic E-state index is 0.0343. The molecule has 0 spiro atoms. The van der Waals surface area contributed by atoms with E-state index in [-0.39, 0.29) is 37.7 Å². The van der Waals surface area contributed by atoms with E-state index in [4.69, 9.17) is 23.0 Å². The van der Waals surface area contributed by atoms with Crippen LogP contribution in [0.25, 0.3) is 0 Å². The highest BCUT2D eigenvalue weighted by Gasteiger charge is 2.43. The second-order valence-electron chi connectivity index (χ2n) is 12.2. The van der Waals surface area contributed by atoms with Crippen LogP contribution >= 0.6 is 0 Å². The molecule has 1 saturated heterocycles. The zero-order chi connectivity index (χ0) is 33.4. The summed E-state index contributed by atoms with van der Waals surface area (Å²) in [4.78, 5) is 50.2. The molecule has 2 rings (SSSR count). The highest BCUT2D eigenvalue weighted by Crippen LogP contribution is 2.27. The highest BCUT2D eigenvalue weighted by molar-refractivity contribution is 5.90. The summed E-state index contributed by atoms with van der Waals surface area (Å²) in [6.45, 7) is 7.67. The number of likely N-dealkylation sites (tertiary alicyclic amines) is 1. The van der Waals surface area contributed by atoms with Crippen molar-refractivity contribution in [3.8, 4) is 0 Å².